The Morgan fingerprint density at radius 1 is 1.00 bits per heavy atom. The number of carbonyl (C=O) groups excluding carboxylic acids is 1. The normalized spacial score (nSPS) is 12.1. The lowest BCUT2D eigenvalue weighted by Gasteiger charge is -2.15. The Balaban J connectivity index is 1.76. The molecular formula is C22H25NO3. The number of nitrogens with one attached hydrogen (secondary N) is 1. The van der Waals surface area contributed by atoms with E-state index >= 15 is 0 Å². The van der Waals surface area contributed by atoms with Gasteiger partial charge in [0.1, 0.15) is 12.5 Å². The lowest BCUT2D eigenvalue weighted by Crippen LogP contribution is -2.25. The van der Waals surface area contributed by atoms with E-state index in [0.717, 1.165) is 36.1 Å². The van der Waals surface area contributed by atoms with Crippen molar-refractivity contribution >= 4 is 5.91 Å². The average Bonchev–Trinajstić information content (AvgIpc) is 2.67. The molecule has 136 valence electrons. The number of benzene rings is 2. The first-order valence-corrected chi connectivity index (χ1v) is 9.21. The SMILES string of the molecule is CCCCCCNC(=O)c1cccc(-c2ccc3c(c2)OC=CO3)c1C. The van der Waals surface area contributed by atoms with Crippen LogP contribution in [-0.2, 0) is 0 Å². The van der Waals surface area contributed by atoms with Crippen LogP contribution in [-0.4, -0.2) is 12.5 Å². The van der Waals surface area contributed by atoms with Crippen LogP contribution in [0.4, 0.5) is 0 Å². The van der Waals surface area contributed by atoms with Crippen LogP contribution in [0.1, 0.15) is 48.5 Å². The van der Waals surface area contributed by atoms with Crippen LogP contribution < -0.4 is 14.8 Å². The van der Waals surface area contributed by atoms with Gasteiger partial charge >= 0.3 is 0 Å². The molecule has 0 atom stereocenters. The van der Waals surface area contributed by atoms with Crippen LogP contribution in [0.25, 0.3) is 11.1 Å². The fourth-order valence-electron chi connectivity index (χ4n) is 3.11. The van der Waals surface area contributed by atoms with Crippen molar-refractivity contribution in [3.05, 3.63) is 60.0 Å². The molecular weight excluding hydrogens is 326 g/mol. The van der Waals surface area contributed by atoms with Crippen molar-refractivity contribution in [3.8, 4) is 22.6 Å². The lowest BCUT2D eigenvalue weighted by atomic mass is 9.95. The summed E-state index contributed by atoms with van der Waals surface area (Å²) in [5.41, 5.74) is 3.70. The van der Waals surface area contributed by atoms with Crippen molar-refractivity contribution in [1.29, 1.82) is 0 Å². The van der Waals surface area contributed by atoms with E-state index in [2.05, 4.69) is 12.2 Å². The molecule has 1 heterocycles. The minimum atomic E-state index is -0.0127. The van der Waals surface area contributed by atoms with Gasteiger partial charge in [-0.3, -0.25) is 4.79 Å². The van der Waals surface area contributed by atoms with Gasteiger partial charge in [-0.25, -0.2) is 0 Å². The molecule has 0 aromatic heterocycles. The van der Waals surface area contributed by atoms with Crippen LogP contribution in [0.3, 0.4) is 0 Å². The van der Waals surface area contributed by atoms with Crippen molar-refractivity contribution in [2.24, 2.45) is 0 Å². The lowest BCUT2D eigenvalue weighted by molar-refractivity contribution is 0.0952. The summed E-state index contributed by atoms with van der Waals surface area (Å²) in [6.45, 7) is 4.89. The second-order valence-corrected chi connectivity index (χ2v) is 6.46. The molecule has 2 aromatic rings. The molecule has 0 saturated carbocycles. The fourth-order valence-corrected chi connectivity index (χ4v) is 3.11. The molecule has 4 heteroatoms. The van der Waals surface area contributed by atoms with Crippen molar-refractivity contribution in [1.82, 2.24) is 5.32 Å². The molecule has 1 aliphatic rings. The van der Waals surface area contributed by atoms with Crippen LogP contribution in [0, 0.1) is 6.92 Å². The molecule has 0 bridgehead atoms. The van der Waals surface area contributed by atoms with Gasteiger partial charge in [0.05, 0.1) is 0 Å². The Hall–Kier alpha value is -2.75. The van der Waals surface area contributed by atoms with Crippen molar-refractivity contribution < 1.29 is 14.3 Å². The fraction of sp³-hybridized carbons (Fsp3) is 0.318. The molecule has 1 amide bonds. The van der Waals surface area contributed by atoms with E-state index in [4.69, 9.17) is 9.47 Å². The first kappa shape index (κ1) is 18.1. The third-order valence-corrected chi connectivity index (χ3v) is 4.59. The van der Waals surface area contributed by atoms with Gasteiger partial charge in [-0.1, -0.05) is 44.4 Å². The summed E-state index contributed by atoms with van der Waals surface area (Å²) in [4.78, 5) is 12.5. The summed E-state index contributed by atoms with van der Waals surface area (Å²) in [6, 6.07) is 11.6. The number of hydrogen-bond acceptors (Lipinski definition) is 3. The molecule has 0 unspecified atom stereocenters. The Morgan fingerprint density at radius 3 is 2.62 bits per heavy atom. The molecule has 0 spiro atoms. The molecule has 0 radical (unpaired) electrons. The van der Waals surface area contributed by atoms with Gasteiger partial charge in [-0.2, -0.15) is 0 Å². The van der Waals surface area contributed by atoms with E-state index in [1.165, 1.54) is 25.4 Å². The summed E-state index contributed by atoms with van der Waals surface area (Å²) in [5.74, 6) is 1.35. The van der Waals surface area contributed by atoms with Gasteiger partial charge in [0.25, 0.3) is 5.91 Å². The molecule has 0 saturated heterocycles. The van der Waals surface area contributed by atoms with Crippen LogP contribution in [0.5, 0.6) is 11.5 Å². The van der Waals surface area contributed by atoms with Gasteiger partial charge < -0.3 is 14.8 Å². The van der Waals surface area contributed by atoms with E-state index in [9.17, 15) is 4.79 Å². The first-order chi connectivity index (χ1) is 12.7. The van der Waals surface area contributed by atoms with E-state index in [0.29, 0.717) is 17.1 Å². The minimum Gasteiger partial charge on any atom is -0.458 e. The van der Waals surface area contributed by atoms with Gasteiger partial charge in [0.2, 0.25) is 0 Å². The number of rotatable bonds is 7. The minimum absolute atomic E-state index is 0.0127. The molecule has 0 aliphatic carbocycles. The number of carbonyl (C=O) groups is 1. The number of unbranched alkanes of at least 4 members (excludes halogenated alkanes) is 3. The molecule has 0 fully saturated rings. The largest absolute Gasteiger partial charge is 0.458 e. The van der Waals surface area contributed by atoms with E-state index in [1.54, 1.807) is 0 Å². The highest BCUT2D eigenvalue weighted by Crippen LogP contribution is 2.36. The van der Waals surface area contributed by atoms with Crippen LogP contribution in [0.2, 0.25) is 0 Å². The predicted molar refractivity (Wildman–Crippen MR) is 103 cm³/mol. The topological polar surface area (TPSA) is 47.6 Å². The third kappa shape index (κ3) is 4.07. The zero-order valence-electron chi connectivity index (χ0n) is 15.4. The zero-order valence-corrected chi connectivity index (χ0v) is 15.4. The van der Waals surface area contributed by atoms with Crippen LogP contribution >= 0.6 is 0 Å². The molecule has 2 aromatic carbocycles. The van der Waals surface area contributed by atoms with E-state index in [1.807, 2.05) is 43.3 Å². The van der Waals surface area contributed by atoms with Gasteiger partial charge in [0.15, 0.2) is 11.5 Å². The Labute approximate surface area is 154 Å². The molecule has 4 nitrogen and oxygen atoms in total. The standard InChI is InChI=1S/C22H25NO3/c1-3-4-5-6-12-23-22(24)19-9-7-8-18(16(19)2)17-10-11-20-21(15-17)26-14-13-25-20/h7-11,13-15H,3-6,12H2,1-2H3,(H,23,24). The highest BCUT2D eigenvalue weighted by molar-refractivity contribution is 5.97. The van der Waals surface area contributed by atoms with Crippen molar-refractivity contribution in [2.45, 2.75) is 39.5 Å². The van der Waals surface area contributed by atoms with Gasteiger partial charge in [-0.05, 0) is 48.2 Å². The maximum Gasteiger partial charge on any atom is 0.251 e. The Morgan fingerprint density at radius 2 is 1.81 bits per heavy atom. The maximum atomic E-state index is 12.5. The molecule has 3 rings (SSSR count). The molecule has 26 heavy (non-hydrogen) atoms. The Bertz CT molecular complexity index is 811. The maximum absolute atomic E-state index is 12.5. The predicted octanol–water partition coefficient (Wildman–Crippen LogP) is 5.21. The van der Waals surface area contributed by atoms with Gasteiger partial charge in [-0.15, -0.1) is 0 Å². The number of amides is 1. The second kappa shape index (κ2) is 8.56. The quantitative estimate of drug-likeness (QED) is 0.696. The number of ether oxygens (including phenoxy) is 2. The number of hydrogen-bond donors (Lipinski definition) is 1. The van der Waals surface area contributed by atoms with Crippen LogP contribution in [0.15, 0.2) is 48.9 Å². The summed E-state index contributed by atoms with van der Waals surface area (Å²) < 4.78 is 10.9. The Kier molecular flexibility index (Phi) is 5.95. The average molecular weight is 351 g/mol. The molecule has 1 aliphatic heterocycles. The summed E-state index contributed by atoms with van der Waals surface area (Å²) in [5, 5.41) is 3.03. The first-order valence-electron chi connectivity index (χ1n) is 9.21. The van der Waals surface area contributed by atoms with E-state index < -0.39 is 0 Å². The second-order valence-electron chi connectivity index (χ2n) is 6.46. The van der Waals surface area contributed by atoms with E-state index in [-0.39, 0.29) is 5.91 Å². The van der Waals surface area contributed by atoms with Gasteiger partial charge in [0, 0.05) is 12.1 Å². The smallest absolute Gasteiger partial charge is 0.251 e. The number of fused-ring (bicyclic) bond motifs is 1. The highest BCUT2D eigenvalue weighted by Gasteiger charge is 2.15. The summed E-state index contributed by atoms with van der Waals surface area (Å²) >= 11 is 0. The van der Waals surface area contributed by atoms with Crippen molar-refractivity contribution in [3.63, 3.8) is 0 Å². The van der Waals surface area contributed by atoms with Crippen molar-refractivity contribution in [2.75, 3.05) is 6.54 Å². The monoisotopic (exact) mass is 351 g/mol. The summed E-state index contributed by atoms with van der Waals surface area (Å²) in [7, 11) is 0. The summed E-state index contributed by atoms with van der Waals surface area (Å²) in [6.07, 6.45) is 7.61. The highest BCUT2D eigenvalue weighted by atomic mass is 16.5. The zero-order chi connectivity index (χ0) is 18.4. The third-order valence-electron chi connectivity index (χ3n) is 4.59. The molecule has 1 N–H and O–H groups in total.